The number of fused-ring (bicyclic) bond motifs is 4. The zero-order valence-electron chi connectivity index (χ0n) is 19.8. The van der Waals surface area contributed by atoms with Crippen LogP contribution in [0.15, 0.2) is 34.9 Å². The first-order chi connectivity index (χ1) is 13.7. The van der Waals surface area contributed by atoms with Crippen LogP contribution in [0.1, 0.15) is 92.9 Å². The highest BCUT2D eigenvalue weighted by molar-refractivity contribution is 5.43. The maximum atomic E-state index is 10.2. The van der Waals surface area contributed by atoms with E-state index < -0.39 is 0 Å². The van der Waals surface area contributed by atoms with Crippen LogP contribution in [0.25, 0.3) is 0 Å². The lowest BCUT2D eigenvalue weighted by molar-refractivity contribution is 0.0971. The first-order valence-corrected chi connectivity index (χ1v) is 12.4. The first kappa shape index (κ1) is 21.4. The van der Waals surface area contributed by atoms with Crippen molar-refractivity contribution in [2.45, 2.75) is 99.0 Å². The molecule has 1 nitrogen and oxygen atoms in total. The lowest BCUT2D eigenvalue weighted by Gasteiger charge is -2.52. The van der Waals surface area contributed by atoms with Crippen molar-refractivity contribution >= 4 is 0 Å². The van der Waals surface area contributed by atoms with E-state index in [9.17, 15) is 5.11 Å². The molecule has 1 N–H and O–H groups in total. The SMILES string of the molecule is CC(C)[C@@H](C)/C=C/[C@@H](C)[C@H]1CC[C@@H]2C3=C(CC[C@@]21C)[C@@]1(C)CC[C@H](O)CC1=CC3. The summed E-state index contributed by atoms with van der Waals surface area (Å²) in [5, 5.41) is 10.2. The van der Waals surface area contributed by atoms with Gasteiger partial charge < -0.3 is 5.11 Å². The van der Waals surface area contributed by atoms with Gasteiger partial charge in [-0.3, -0.25) is 0 Å². The molecule has 0 aromatic heterocycles. The van der Waals surface area contributed by atoms with E-state index in [1.807, 2.05) is 5.57 Å². The molecule has 0 spiro atoms. The van der Waals surface area contributed by atoms with E-state index in [2.05, 4.69) is 59.8 Å². The maximum Gasteiger partial charge on any atom is 0.0578 e. The molecule has 2 saturated carbocycles. The molecular formula is C28H44O. The van der Waals surface area contributed by atoms with Gasteiger partial charge in [0.05, 0.1) is 6.10 Å². The Bertz CT molecular complexity index is 725. The molecule has 29 heavy (non-hydrogen) atoms. The van der Waals surface area contributed by atoms with Crippen LogP contribution < -0.4 is 0 Å². The van der Waals surface area contributed by atoms with Gasteiger partial charge in [0.25, 0.3) is 0 Å². The van der Waals surface area contributed by atoms with E-state index >= 15 is 0 Å². The monoisotopic (exact) mass is 396 g/mol. The fourth-order valence-electron chi connectivity index (χ4n) is 7.51. The van der Waals surface area contributed by atoms with Crippen molar-refractivity contribution in [2.75, 3.05) is 0 Å². The fraction of sp³-hybridized carbons (Fsp3) is 0.786. The lowest BCUT2D eigenvalue weighted by atomic mass is 9.53. The van der Waals surface area contributed by atoms with Gasteiger partial charge in [-0.2, -0.15) is 0 Å². The summed E-state index contributed by atoms with van der Waals surface area (Å²) in [6.45, 7) is 14.6. The van der Waals surface area contributed by atoms with Gasteiger partial charge in [0.15, 0.2) is 0 Å². The second kappa shape index (κ2) is 7.70. The molecule has 4 aliphatic rings. The molecule has 0 aromatic rings. The average Bonchev–Trinajstić information content (AvgIpc) is 3.03. The Morgan fingerprint density at radius 3 is 2.52 bits per heavy atom. The second-order valence-corrected chi connectivity index (χ2v) is 11.8. The van der Waals surface area contributed by atoms with Gasteiger partial charge in [0.1, 0.15) is 0 Å². The molecular weight excluding hydrogens is 352 g/mol. The Kier molecular flexibility index (Phi) is 5.69. The highest BCUT2D eigenvalue weighted by Gasteiger charge is 2.54. The van der Waals surface area contributed by atoms with Crippen molar-refractivity contribution in [1.82, 2.24) is 0 Å². The molecule has 0 amide bonds. The summed E-state index contributed by atoms with van der Waals surface area (Å²) in [7, 11) is 0. The molecule has 0 radical (unpaired) electrons. The molecule has 0 bridgehead atoms. The molecule has 2 fully saturated rings. The predicted molar refractivity (Wildman–Crippen MR) is 124 cm³/mol. The lowest BCUT2D eigenvalue weighted by Crippen LogP contribution is -2.41. The number of hydrogen-bond acceptors (Lipinski definition) is 1. The van der Waals surface area contributed by atoms with E-state index in [0.29, 0.717) is 17.3 Å². The number of rotatable bonds is 4. The van der Waals surface area contributed by atoms with Crippen LogP contribution in [0, 0.1) is 40.4 Å². The highest BCUT2D eigenvalue weighted by atomic mass is 16.3. The quantitative estimate of drug-likeness (QED) is 0.488. The molecule has 0 saturated heterocycles. The van der Waals surface area contributed by atoms with Crippen molar-refractivity contribution < 1.29 is 5.11 Å². The summed E-state index contributed by atoms with van der Waals surface area (Å²) in [6, 6.07) is 0. The third-order valence-electron chi connectivity index (χ3n) is 9.91. The Labute approximate surface area is 179 Å². The van der Waals surface area contributed by atoms with Crippen LogP contribution >= 0.6 is 0 Å². The Morgan fingerprint density at radius 2 is 1.79 bits per heavy atom. The molecule has 162 valence electrons. The van der Waals surface area contributed by atoms with E-state index in [-0.39, 0.29) is 11.5 Å². The molecule has 0 unspecified atom stereocenters. The van der Waals surface area contributed by atoms with Crippen molar-refractivity contribution in [3.63, 3.8) is 0 Å². The summed E-state index contributed by atoms with van der Waals surface area (Å²) in [5.41, 5.74) is 5.88. The fourth-order valence-corrected chi connectivity index (χ4v) is 7.51. The van der Waals surface area contributed by atoms with Gasteiger partial charge in [-0.05, 0) is 86.4 Å². The van der Waals surface area contributed by atoms with Gasteiger partial charge in [-0.25, -0.2) is 0 Å². The summed E-state index contributed by atoms with van der Waals surface area (Å²) >= 11 is 0. The van der Waals surface area contributed by atoms with E-state index in [1.54, 1.807) is 11.1 Å². The third-order valence-corrected chi connectivity index (χ3v) is 9.91. The molecule has 0 aromatic carbocycles. The molecule has 4 aliphatic carbocycles. The number of aliphatic hydroxyl groups excluding tert-OH is 1. The highest BCUT2D eigenvalue weighted by Crippen LogP contribution is 2.64. The van der Waals surface area contributed by atoms with Crippen LogP contribution in [0.5, 0.6) is 0 Å². The Morgan fingerprint density at radius 1 is 1.03 bits per heavy atom. The smallest absolute Gasteiger partial charge is 0.0578 e. The number of aliphatic hydroxyl groups is 1. The van der Waals surface area contributed by atoms with E-state index in [1.165, 1.54) is 25.7 Å². The van der Waals surface area contributed by atoms with Gasteiger partial charge in [-0.1, -0.05) is 76.5 Å². The largest absolute Gasteiger partial charge is 0.393 e. The van der Waals surface area contributed by atoms with Crippen molar-refractivity contribution in [3.05, 3.63) is 34.9 Å². The zero-order valence-corrected chi connectivity index (χ0v) is 19.8. The van der Waals surface area contributed by atoms with Crippen LogP contribution in [-0.4, -0.2) is 11.2 Å². The number of allylic oxidation sites excluding steroid dienone is 5. The van der Waals surface area contributed by atoms with Crippen LogP contribution in [0.2, 0.25) is 0 Å². The minimum absolute atomic E-state index is 0.109. The van der Waals surface area contributed by atoms with E-state index in [4.69, 9.17) is 0 Å². The summed E-state index contributed by atoms with van der Waals surface area (Å²) in [5.74, 6) is 3.69. The van der Waals surface area contributed by atoms with Gasteiger partial charge in [0.2, 0.25) is 0 Å². The minimum Gasteiger partial charge on any atom is -0.393 e. The molecule has 1 heteroatoms. The molecule has 7 atom stereocenters. The first-order valence-electron chi connectivity index (χ1n) is 12.4. The normalized spacial score (nSPS) is 41.8. The summed E-state index contributed by atoms with van der Waals surface area (Å²) < 4.78 is 0. The summed E-state index contributed by atoms with van der Waals surface area (Å²) in [6.07, 6.45) is 17.1. The van der Waals surface area contributed by atoms with Crippen LogP contribution in [0.3, 0.4) is 0 Å². The Balaban J connectivity index is 1.57. The topological polar surface area (TPSA) is 20.2 Å². The van der Waals surface area contributed by atoms with Crippen LogP contribution in [-0.2, 0) is 0 Å². The average molecular weight is 397 g/mol. The number of hydrogen-bond donors (Lipinski definition) is 1. The van der Waals surface area contributed by atoms with Crippen molar-refractivity contribution in [3.8, 4) is 0 Å². The van der Waals surface area contributed by atoms with E-state index in [0.717, 1.165) is 43.4 Å². The minimum atomic E-state index is -0.109. The summed E-state index contributed by atoms with van der Waals surface area (Å²) in [4.78, 5) is 0. The second-order valence-electron chi connectivity index (χ2n) is 11.8. The van der Waals surface area contributed by atoms with Gasteiger partial charge in [0, 0.05) is 5.41 Å². The zero-order chi connectivity index (χ0) is 21.0. The molecule has 0 aliphatic heterocycles. The molecule has 4 rings (SSSR count). The third kappa shape index (κ3) is 3.50. The van der Waals surface area contributed by atoms with Gasteiger partial charge in [-0.15, -0.1) is 0 Å². The maximum absolute atomic E-state index is 10.2. The molecule has 0 heterocycles. The predicted octanol–water partition coefficient (Wildman–Crippen LogP) is 7.47. The van der Waals surface area contributed by atoms with Crippen molar-refractivity contribution in [2.24, 2.45) is 40.4 Å². The van der Waals surface area contributed by atoms with Gasteiger partial charge >= 0.3 is 0 Å². The Hall–Kier alpha value is -0.820. The standard InChI is InChI=1S/C28H44O/c1-18(2)19(3)7-8-20(4)24-11-12-25-23-10-9-21-17-22(29)13-15-27(21,5)26(23)14-16-28(24,25)6/h7-9,18-20,22,24-25,29H,10-17H2,1-6H3/b8-7+/t19-,20+,22-,24+,25+,27-,28+/m0/s1. The van der Waals surface area contributed by atoms with Crippen LogP contribution in [0.4, 0.5) is 0 Å². The van der Waals surface area contributed by atoms with Crippen molar-refractivity contribution in [1.29, 1.82) is 0 Å².